The number of hydrogen-bond acceptors (Lipinski definition) is 2. The van der Waals surface area contributed by atoms with E-state index in [1.807, 2.05) is 0 Å². The van der Waals surface area contributed by atoms with Crippen LogP contribution in [0, 0.1) is 23.0 Å². The van der Waals surface area contributed by atoms with Crippen molar-refractivity contribution in [3.63, 3.8) is 0 Å². The number of nitrogens with one attached hydrogen (secondary N) is 1. The molecular weight excluding hydrogens is 288 g/mol. The van der Waals surface area contributed by atoms with Gasteiger partial charge in [-0.05, 0) is 37.3 Å². The molecule has 1 amide bonds. The van der Waals surface area contributed by atoms with E-state index in [9.17, 15) is 18.7 Å². The predicted octanol–water partition coefficient (Wildman–Crippen LogP) is 3.33. The quantitative estimate of drug-likeness (QED) is 0.846. The first kappa shape index (κ1) is 16.9. The molecule has 1 aromatic carbocycles. The second kappa shape index (κ2) is 6.73. The van der Waals surface area contributed by atoms with Crippen molar-refractivity contribution >= 4 is 5.91 Å². The van der Waals surface area contributed by atoms with Crippen LogP contribution in [0.2, 0.25) is 0 Å². The summed E-state index contributed by atoms with van der Waals surface area (Å²) < 4.78 is 27.2. The Balaban J connectivity index is 1.99. The molecule has 122 valence electrons. The molecule has 2 N–H and O–H groups in total. The highest BCUT2D eigenvalue weighted by atomic mass is 19.1. The Morgan fingerprint density at radius 2 is 1.91 bits per heavy atom. The van der Waals surface area contributed by atoms with Gasteiger partial charge in [0.1, 0.15) is 17.7 Å². The summed E-state index contributed by atoms with van der Waals surface area (Å²) in [6.07, 6.45) is 2.09. The second-order valence-electron chi connectivity index (χ2n) is 6.59. The predicted molar refractivity (Wildman–Crippen MR) is 80.1 cm³/mol. The van der Waals surface area contributed by atoms with Crippen LogP contribution >= 0.6 is 0 Å². The number of hydrogen-bond donors (Lipinski definition) is 2. The van der Waals surface area contributed by atoms with Crippen molar-refractivity contribution in [2.75, 3.05) is 6.54 Å². The van der Waals surface area contributed by atoms with Crippen LogP contribution in [0.4, 0.5) is 8.78 Å². The molecule has 2 rings (SSSR count). The van der Waals surface area contributed by atoms with Gasteiger partial charge in [0.15, 0.2) is 0 Å². The SMILES string of the molecule is CC(C)CC1(C(=O)NCC(O)c2c(F)cccc2F)CCC1. The summed E-state index contributed by atoms with van der Waals surface area (Å²) >= 11 is 0. The molecule has 0 spiro atoms. The van der Waals surface area contributed by atoms with E-state index in [0.29, 0.717) is 5.92 Å². The fourth-order valence-corrected chi connectivity index (χ4v) is 3.22. The van der Waals surface area contributed by atoms with Crippen molar-refractivity contribution in [1.29, 1.82) is 0 Å². The molecule has 0 saturated heterocycles. The zero-order valence-corrected chi connectivity index (χ0v) is 13.0. The maximum Gasteiger partial charge on any atom is 0.226 e. The molecule has 1 aliphatic rings. The molecule has 0 radical (unpaired) electrons. The first-order valence-electron chi connectivity index (χ1n) is 7.76. The van der Waals surface area contributed by atoms with Gasteiger partial charge >= 0.3 is 0 Å². The van der Waals surface area contributed by atoms with Crippen LogP contribution in [0.5, 0.6) is 0 Å². The van der Waals surface area contributed by atoms with E-state index in [1.54, 1.807) is 0 Å². The summed E-state index contributed by atoms with van der Waals surface area (Å²) in [7, 11) is 0. The van der Waals surface area contributed by atoms with Crippen molar-refractivity contribution < 1.29 is 18.7 Å². The smallest absolute Gasteiger partial charge is 0.226 e. The standard InChI is InChI=1S/C17H23F2NO2/c1-11(2)9-17(7-4-8-17)16(22)20-10-14(21)15-12(18)5-3-6-13(15)19/h3,5-6,11,14,21H,4,7-10H2,1-2H3,(H,20,22). The molecular formula is C17H23F2NO2. The van der Waals surface area contributed by atoms with E-state index in [2.05, 4.69) is 19.2 Å². The van der Waals surface area contributed by atoms with E-state index in [-0.39, 0.29) is 17.9 Å². The number of halogens is 2. The normalized spacial score (nSPS) is 17.9. The van der Waals surface area contributed by atoms with Gasteiger partial charge in [0.25, 0.3) is 0 Å². The van der Waals surface area contributed by atoms with Gasteiger partial charge in [0.05, 0.1) is 5.56 Å². The van der Waals surface area contributed by atoms with Crippen LogP contribution in [0.3, 0.4) is 0 Å². The van der Waals surface area contributed by atoms with Crippen LogP contribution in [0.15, 0.2) is 18.2 Å². The lowest BCUT2D eigenvalue weighted by Gasteiger charge is -2.41. The molecule has 1 saturated carbocycles. The Bertz CT molecular complexity index is 521. The minimum Gasteiger partial charge on any atom is -0.386 e. The Morgan fingerprint density at radius 1 is 1.32 bits per heavy atom. The molecule has 0 aromatic heterocycles. The van der Waals surface area contributed by atoms with Crippen LogP contribution in [-0.2, 0) is 4.79 Å². The zero-order chi connectivity index (χ0) is 16.3. The maximum absolute atomic E-state index is 13.6. The number of aliphatic hydroxyl groups excluding tert-OH is 1. The van der Waals surface area contributed by atoms with Crippen molar-refractivity contribution in [1.82, 2.24) is 5.32 Å². The van der Waals surface area contributed by atoms with Gasteiger partial charge in [0, 0.05) is 12.0 Å². The average Bonchev–Trinajstić information content (AvgIpc) is 2.39. The molecule has 0 bridgehead atoms. The zero-order valence-electron chi connectivity index (χ0n) is 13.0. The summed E-state index contributed by atoms with van der Waals surface area (Å²) in [5.41, 5.74) is -0.767. The number of carbonyl (C=O) groups excluding carboxylic acids is 1. The number of rotatable bonds is 6. The minimum absolute atomic E-state index is 0.122. The molecule has 1 atom stereocenters. The number of carbonyl (C=O) groups is 1. The molecule has 22 heavy (non-hydrogen) atoms. The Hall–Kier alpha value is -1.49. The minimum atomic E-state index is -1.39. The third-order valence-corrected chi connectivity index (χ3v) is 4.38. The van der Waals surface area contributed by atoms with Crippen LogP contribution < -0.4 is 5.32 Å². The topological polar surface area (TPSA) is 49.3 Å². The molecule has 1 fully saturated rings. The summed E-state index contributed by atoms with van der Waals surface area (Å²) in [6, 6.07) is 3.43. The molecule has 0 aliphatic heterocycles. The number of amides is 1. The van der Waals surface area contributed by atoms with Gasteiger partial charge in [-0.15, -0.1) is 0 Å². The van der Waals surface area contributed by atoms with Crippen molar-refractivity contribution in [2.24, 2.45) is 11.3 Å². The Labute approximate surface area is 129 Å². The Kier molecular flexibility index (Phi) is 5.16. The van der Waals surface area contributed by atoms with Crippen LogP contribution in [-0.4, -0.2) is 17.6 Å². The maximum atomic E-state index is 13.6. The van der Waals surface area contributed by atoms with E-state index in [4.69, 9.17) is 0 Å². The summed E-state index contributed by atoms with van der Waals surface area (Å²) in [5.74, 6) is -1.33. The number of aliphatic hydroxyl groups is 1. The molecule has 5 heteroatoms. The van der Waals surface area contributed by atoms with E-state index in [0.717, 1.165) is 37.8 Å². The van der Waals surface area contributed by atoms with E-state index < -0.39 is 23.3 Å². The van der Waals surface area contributed by atoms with Gasteiger partial charge in [0.2, 0.25) is 5.91 Å². The largest absolute Gasteiger partial charge is 0.386 e. The lowest BCUT2D eigenvalue weighted by Crippen LogP contribution is -2.47. The highest BCUT2D eigenvalue weighted by molar-refractivity contribution is 5.83. The molecule has 3 nitrogen and oxygen atoms in total. The van der Waals surface area contributed by atoms with Crippen molar-refractivity contribution in [3.8, 4) is 0 Å². The highest BCUT2D eigenvalue weighted by Gasteiger charge is 2.44. The molecule has 1 aliphatic carbocycles. The lowest BCUT2D eigenvalue weighted by molar-refractivity contribution is -0.137. The monoisotopic (exact) mass is 311 g/mol. The third kappa shape index (κ3) is 3.46. The van der Waals surface area contributed by atoms with Gasteiger partial charge < -0.3 is 10.4 Å². The van der Waals surface area contributed by atoms with E-state index in [1.165, 1.54) is 6.07 Å². The first-order chi connectivity index (χ1) is 10.4. The first-order valence-corrected chi connectivity index (χ1v) is 7.76. The van der Waals surface area contributed by atoms with Gasteiger partial charge in [-0.1, -0.05) is 26.3 Å². The summed E-state index contributed by atoms with van der Waals surface area (Å²) in [5, 5.41) is 12.6. The number of benzene rings is 1. The summed E-state index contributed by atoms with van der Waals surface area (Å²) in [6.45, 7) is 3.95. The lowest BCUT2D eigenvalue weighted by atomic mass is 9.64. The molecule has 1 aromatic rings. The fraction of sp³-hybridized carbons (Fsp3) is 0.588. The fourth-order valence-electron chi connectivity index (χ4n) is 3.22. The molecule has 0 heterocycles. The Morgan fingerprint density at radius 3 is 2.36 bits per heavy atom. The van der Waals surface area contributed by atoms with Gasteiger partial charge in [-0.2, -0.15) is 0 Å². The van der Waals surface area contributed by atoms with E-state index >= 15 is 0 Å². The van der Waals surface area contributed by atoms with Gasteiger partial charge in [-0.25, -0.2) is 8.78 Å². The third-order valence-electron chi connectivity index (χ3n) is 4.38. The second-order valence-corrected chi connectivity index (χ2v) is 6.59. The van der Waals surface area contributed by atoms with Crippen molar-refractivity contribution in [2.45, 2.75) is 45.6 Å². The van der Waals surface area contributed by atoms with Crippen molar-refractivity contribution in [3.05, 3.63) is 35.4 Å². The van der Waals surface area contributed by atoms with Gasteiger partial charge in [-0.3, -0.25) is 4.79 Å². The van der Waals surface area contributed by atoms with Crippen LogP contribution in [0.25, 0.3) is 0 Å². The molecule has 1 unspecified atom stereocenters. The average molecular weight is 311 g/mol. The van der Waals surface area contributed by atoms with Crippen LogP contribution in [0.1, 0.15) is 51.2 Å². The highest BCUT2D eigenvalue weighted by Crippen LogP contribution is 2.46. The summed E-state index contributed by atoms with van der Waals surface area (Å²) in [4.78, 5) is 12.4.